The molecule has 0 radical (unpaired) electrons. The van der Waals surface area contributed by atoms with Gasteiger partial charge in [0.05, 0.1) is 11.1 Å². The summed E-state index contributed by atoms with van der Waals surface area (Å²) in [7, 11) is 0. The highest BCUT2D eigenvalue weighted by Gasteiger charge is 2.35. The van der Waals surface area contributed by atoms with Gasteiger partial charge in [0.2, 0.25) is 0 Å². The molecule has 1 fully saturated rings. The van der Waals surface area contributed by atoms with Crippen LogP contribution in [0.1, 0.15) is 24.8 Å². The first-order chi connectivity index (χ1) is 8.22. The Bertz CT molecular complexity index is 443. The van der Waals surface area contributed by atoms with Gasteiger partial charge in [-0.1, -0.05) is 28.1 Å². The second-order valence-corrected chi connectivity index (χ2v) is 6.88. The standard InChI is InChI=1S/C13H15BrN2S/c14-9-3-1-8(2-4-9)13-16-11-6-5-10(15)7-12(11)17-13/h1-4,10-12H,5-7,15H2. The van der Waals surface area contributed by atoms with Crippen molar-refractivity contribution in [3.05, 3.63) is 34.3 Å². The Morgan fingerprint density at radius 3 is 2.76 bits per heavy atom. The fraction of sp³-hybridized carbons (Fsp3) is 0.462. The van der Waals surface area contributed by atoms with E-state index >= 15 is 0 Å². The van der Waals surface area contributed by atoms with Crippen molar-refractivity contribution in [1.82, 2.24) is 0 Å². The summed E-state index contributed by atoms with van der Waals surface area (Å²) in [6, 6.07) is 9.29. The quantitative estimate of drug-likeness (QED) is 0.865. The van der Waals surface area contributed by atoms with E-state index < -0.39 is 0 Å². The molecule has 0 saturated heterocycles. The molecule has 0 spiro atoms. The summed E-state index contributed by atoms with van der Waals surface area (Å²) < 4.78 is 1.12. The molecule has 3 atom stereocenters. The Balaban J connectivity index is 1.80. The van der Waals surface area contributed by atoms with Gasteiger partial charge >= 0.3 is 0 Å². The van der Waals surface area contributed by atoms with Crippen LogP contribution >= 0.6 is 27.7 Å². The summed E-state index contributed by atoms with van der Waals surface area (Å²) in [5.41, 5.74) is 7.26. The van der Waals surface area contributed by atoms with Crippen LogP contribution in [0.15, 0.2) is 33.7 Å². The molecule has 2 N–H and O–H groups in total. The molecule has 90 valence electrons. The monoisotopic (exact) mass is 310 g/mol. The van der Waals surface area contributed by atoms with E-state index in [2.05, 4.69) is 40.2 Å². The predicted octanol–water partition coefficient (Wildman–Crippen LogP) is 3.19. The number of fused-ring (bicyclic) bond motifs is 1. The van der Waals surface area contributed by atoms with E-state index in [9.17, 15) is 0 Å². The summed E-state index contributed by atoms with van der Waals surface area (Å²) in [5, 5.41) is 1.80. The molecule has 17 heavy (non-hydrogen) atoms. The Labute approximate surface area is 114 Å². The minimum Gasteiger partial charge on any atom is -0.328 e. The van der Waals surface area contributed by atoms with Crippen LogP contribution in [0.2, 0.25) is 0 Å². The molecule has 3 unspecified atom stereocenters. The molecule has 4 heteroatoms. The zero-order valence-electron chi connectivity index (χ0n) is 9.47. The minimum atomic E-state index is 0.378. The van der Waals surface area contributed by atoms with Crippen molar-refractivity contribution in [2.75, 3.05) is 0 Å². The molecule has 1 heterocycles. The van der Waals surface area contributed by atoms with Crippen molar-refractivity contribution in [3.63, 3.8) is 0 Å². The van der Waals surface area contributed by atoms with E-state index in [1.165, 1.54) is 10.6 Å². The molecular weight excluding hydrogens is 296 g/mol. The molecule has 3 rings (SSSR count). The fourth-order valence-electron chi connectivity index (χ4n) is 2.48. The van der Waals surface area contributed by atoms with Crippen LogP contribution in [0.5, 0.6) is 0 Å². The SMILES string of the molecule is NC1CCC2N=C(c3ccc(Br)cc3)SC2C1. The van der Waals surface area contributed by atoms with Crippen molar-refractivity contribution in [1.29, 1.82) is 0 Å². The van der Waals surface area contributed by atoms with Gasteiger partial charge < -0.3 is 5.73 Å². The van der Waals surface area contributed by atoms with Crippen molar-refractivity contribution in [3.8, 4) is 0 Å². The smallest absolute Gasteiger partial charge is 0.0984 e. The van der Waals surface area contributed by atoms with Crippen molar-refractivity contribution in [2.24, 2.45) is 10.7 Å². The lowest BCUT2D eigenvalue weighted by Gasteiger charge is -2.27. The molecular formula is C13H15BrN2S. The lowest BCUT2D eigenvalue weighted by atomic mass is 9.92. The van der Waals surface area contributed by atoms with E-state index in [-0.39, 0.29) is 0 Å². The molecule has 1 saturated carbocycles. The lowest BCUT2D eigenvalue weighted by Crippen LogP contribution is -2.35. The van der Waals surface area contributed by atoms with Crippen LogP contribution in [0.4, 0.5) is 0 Å². The molecule has 1 aromatic carbocycles. The molecule has 2 aliphatic rings. The maximum absolute atomic E-state index is 6.02. The third-order valence-electron chi connectivity index (χ3n) is 3.43. The van der Waals surface area contributed by atoms with Gasteiger partial charge in [0, 0.05) is 21.3 Å². The summed E-state index contributed by atoms with van der Waals surface area (Å²) in [4.78, 5) is 4.85. The second kappa shape index (κ2) is 4.75. The number of hydrogen-bond donors (Lipinski definition) is 1. The predicted molar refractivity (Wildman–Crippen MR) is 77.7 cm³/mol. The lowest BCUT2D eigenvalue weighted by molar-refractivity contribution is 0.412. The number of thioether (sulfide) groups is 1. The van der Waals surface area contributed by atoms with Crippen LogP contribution in [-0.2, 0) is 0 Å². The molecule has 0 amide bonds. The number of halogens is 1. The first-order valence-electron chi connectivity index (χ1n) is 5.98. The Morgan fingerprint density at radius 1 is 1.24 bits per heavy atom. The number of nitrogens with zero attached hydrogens (tertiary/aromatic N) is 1. The first kappa shape index (κ1) is 11.8. The van der Waals surface area contributed by atoms with Gasteiger partial charge in [0.1, 0.15) is 0 Å². The number of rotatable bonds is 1. The van der Waals surface area contributed by atoms with Crippen LogP contribution in [0, 0.1) is 0 Å². The van der Waals surface area contributed by atoms with Gasteiger partial charge in [0.25, 0.3) is 0 Å². The first-order valence-corrected chi connectivity index (χ1v) is 7.65. The maximum Gasteiger partial charge on any atom is 0.0984 e. The Morgan fingerprint density at radius 2 is 2.00 bits per heavy atom. The molecule has 1 aliphatic carbocycles. The minimum absolute atomic E-state index is 0.378. The van der Waals surface area contributed by atoms with Gasteiger partial charge in [-0.2, -0.15) is 0 Å². The van der Waals surface area contributed by atoms with Gasteiger partial charge in [0.15, 0.2) is 0 Å². The summed E-state index contributed by atoms with van der Waals surface area (Å²) in [5.74, 6) is 0. The van der Waals surface area contributed by atoms with Crippen LogP contribution in [-0.4, -0.2) is 22.4 Å². The van der Waals surface area contributed by atoms with Gasteiger partial charge in [-0.05, 0) is 31.4 Å². The summed E-state index contributed by atoms with van der Waals surface area (Å²) >= 11 is 5.37. The normalized spacial score (nSPS) is 32.1. The highest BCUT2D eigenvalue weighted by molar-refractivity contribution is 9.10. The number of benzene rings is 1. The van der Waals surface area contributed by atoms with Crippen LogP contribution in [0.25, 0.3) is 0 Å². The molecule has 0 aromatic heterocycles. The topological polar surface area (TPSA) is 38.4 Å². The Kier molecular flexibility index (Phi) is 3.28. The van der Waals surface area contributed by atoms with E-state index in [0.717, 1.165) is 23.7 Å². The van der Waals surface area contributed by atoms with Crippen LogP contribution < -0.4 is 5.73 Å². The number of aliphatic imine (C=N–C) groups is 1. The highest BCUT2D eigenvalue weighted by atomic mass is 79.9. The van der Waals surface area contributed by atoms with Crippen LogP contribution in [0.3, 0.4) is 0 Å². The Hall–Kier alpha value is -0.320. The van der Waals surface area contributed by atoms with E-state index in [1.54, 1.807) is 0 Å². The third kappa shape index (κ3) is 2.44. The van der Waals surface area contributed by atoms with E-state index in [1.807, 2.05) is 11.8 Å². The summed E-state index contributed by atoms with van der Waals surface area (Å²) in [6.45, 7) is 0. The zero-order valence-corrected chi connectivity index (χ0v) is 11.9. The zero-order chi connectivity index (χ0) is 11.8. The molecule has 0 bridgehead atoms. The average Bonchev–Trinajstić information content (AvgIpc) is 2.72. The molecule has 2 nitrogen and oxygen atoms in total. The fourth-order valence-corrected chi connectivity index (χ4v) is 4.19. The van der Waals surface area contributed by atoms with Crippen molar-refractivity contribution < 1.29 is 0 Å². The largest absolute Gasteiger partial charge is 0.328 e. The van der Waals surface area contributed by atoms with Crippen molar-refractivity contribution in [2.45, 2.75) is 36.6 Å². The van der Waals surface area contributed by atoms with Crippen molar-refractivity contribution >= 4 is 32.7 Å². The number of hydrogen-bond acceptors (Lipinski definition) is 3. The average molecular weight is 311 g/mol. The summed E-state index contributed by atoms with van der Waals surface area (Å²) in [6.07, 6.45) is 3.39. The van der Waals surface area contributed by atoms with Gasteiger partial charge in [-0.3, -0.25) is 4.99 Å². The van der Waals surface area contributed by atoms with Gasteiger partial charge in [-0.25, -0.2) is 0 Å². The van der Waals surface area contributed by atoms with E-state index in [0.29, 0.717) is 17.3 Å². The molecule has 1 aliphatic heterocycles. The highest BCUT2D eigenvalue weighted by Crippen LogP contribution is 2.38. The second-order valence-electron chi connectivity index (χ2n) is 4.74. The maximum atomic E-state index is 6.02. The number of nitrogens with two attached hydrogens (primary N) is 1. The van der Waals surface area contributed by atoms with Gasteiger partial charge in [-0.15, -0.1) is 11.8 Å². The molecule has 1 aromatic rings. The van der Waals surface area contributed by atoms with E-state index in [4.69, 9.17) is 10.7 Å². The third-order valence-corrected chi connectivity index (χ3v) is 5.34.